The first-order valence-corrected chi connectivity index (χ1v) is 4.82. The molecule has 2 heterocycles. The van der Waals surface area contributed by atoms with Crippen LogP contribution in [0.4, 0.5) is 0 Å². The van der Waals surface area contributed by atoms with Crippen molar-refractivity contribution in [1.29, 1.82) is 0 Å². The van der Waals surface area contributed by atoms with Gasteiger partial charge >= 0.3 is 0 Å². The molecule has 3 heteroatoms. The molecule has 0 radical (unpaired) electrons. The smallest absolute Gasteiger partial charge is 0.133 e. The molecule has 0 bridgehead atoms. The lowest BCUT2D eigenvalue weighted by Gasteiger charge is -2.05. The fourth-order valence-electron chi connectivity index (χ4n) is 1.25. The van der Waals surface area contributed by atoms with Crippen molar-refractivity contribution in [3.05, 3.63) is 23.7 Å². The molecule has 1 N–H and O–H groups in total. The van der Waals surface area contributed by atoms with Gasteiger partial charge in [-0.15, -0.1) is 11.8 Å². The molecule has 0 aliphatic carbocycles. The Morgan fingerprint density at radius 2 is 2.64 bits per heavy atom. The van der Waals surface area contributed by atoms with Gasteiger partial charge in [-0.05, 0) is 18.6 Å². The summed E-state index contributed by atoms with van der Waals surface area (Å²) in [6.45, 7) is 3.18. The van der Waals surface area contributed by atoms with Crippen molar-refractivity contribution in [2.45, 2.75) is 12.3 Å². The summed E-state index contributed by atoms with van der Waals surface area (Å²) in [7, 11) is 0. The lowest BCUT2D eigenvalue weighted by atomic mass is 10.3. The van der Waals surface area contributed by atoms with Gasteiger partial charge in [-0.25, -0.2) is 0 Å². The Hall–Kier alpha value is -0.410. The molecule has 11 heavy (non-hydrogen) atoms. The fourth-order valence-corrected chi connectivity index (χ4v) is 2.35. The van der Waals surface area contributed by atoms with E-state index in [2.05, 4.69) is 12.2 Å². The van der Waals surface area contributed by atoms with Gasteiger partial charge in [0.15, 0.2) is 0 Å². The van der Waals surface area contributed by atoms with E-state index < -0.39 is 0 Å². The van der Waals surface area contributed by atoms with Gasteiger partial charge in [-0.2, -0.15) is 0 Å². The van der Waals surface area contributed by atoms with E-state index >= 15 is 0 Å². The van der Waals surface area contributed by atoms with Crippen LogP contribution in [-0.2, 0) is 0 Å². The molecule has 2 nitrogen and oxygen atoms in total. The summed E-state index contributed by atoms with van der Waals surface area (Å²) in [5, 5.41) is 3.76. The first-order valence-electron chi connectivity index (χ1n) is 3.77. The molecule has 0 spiro atoms. The Morgan fingerprint density at radius 3 is 3.18 bits per heavy atom. The number of hydrogen-bond donors (Lipinski definition) is 1. The molecule has 1 atom stereocenters. The number of aryl methyl sites for hydroxylation is 1. The minimum Gasteiger partial charge on any atom is -0.466 e. The standard InChI is InChI=1S/C8H11NOS/c1-6-2-4-10-7(6)8-9-3-5-11-8/h2,4,8-9H,3,5H2,1H3. The Labute approximate surface area is 70.4 Å². The average molecular weight is 169 g/mol. The highest BCUT2D eigenvalue weighted by Gasteiger charge is 2.20. The number of rotatable bonds is 1. The van der Waals surface area contributed by atoms with Crippen LogP contribution in [0.2, 0.25) is 0 Å². The zero-order valence-corrected chi connectivity index (χ0v) is 7.28. The summed E-state index contributed by atoms with van der Waals surface area (Å²) >= 11 is 1.91. The van der Waals surface area contributed by atoms with Crippen molar-refractivity contribution in [1.82, 2.24) is 5.32 Å². The van der Waals surface area contributed by atoms with Gasteiger partial charge < -0.3 is 4.42 Å². The highest BCUT2D eigenvalue weighted by atomic mass is 32.2. The minimum absolute atomic E-state index is 0.394. The van der Waals surface area contributed by atoms with Gasteiger partial charge in [0.1, 0.15) is 11.1 Å². The first-order chi connectivity index (χ1) is 5.38. The monoisotopic (exact) mass is 169 g/mol. The second-order valence-electron chi connectivity index (χ2n) is 2.67. The molecule has 2 rings (SSSR count). The molecular weight excluding hydrogens is 158 g/mol. The van der Waals surface area contributed by atoms with Crippen molar-refractivity contribution >= 4 is 11.8 Å². The Bertz CT molecular complexity index is 240. The largest absolute Gasteiger partial charge is 0.466 e. The number of furan rings is 1. The number of hydrogen-bond acceptors (Lipinski definition) is 3. The Morgan fingerprint density at radius 1 is 1.73 bits per heavy atom. The van der Waals surface area contributed by atoms with E-state index in [9.17, 15) is 0 Å². The summed E-state index contributed by atoms with van der Waals surface area (Å²) in [6.07, 6.45) is 1.76. The van der Waals surface area contributed by atoms with Crippen LogP contribution < -0.4 is 5.32 Å². The van der Waals surface area contributed by atoms with Crippen LogP contribution in [0.25, 0.3) is 0 Å². The van der Waals surface area contributed by atoms with Gasteiger partial charge in [0.25, 0.3) is 0 Å². The van der Waals surface area contributed by atoms with Crippen molar-refractivity contribution in [2.75, 3.05) is 12.3 Å². The summed E-state index contributed by atoms with van der Waals surface area (Å²) in [5.41, 5.74) is 1.25. The molecule has 0 saturated carbocycles. The SMILES string of the molecule is Cc1ccoc1C1NCCS1. The summed E-state index contributed by atoms with van der Waals surface area (Å²) in [4.78, 5) is 0. The van der Waals surface area contributed by atoms with Crippen LogP contribution >= 0.6 is 11.8 Å². The predicted molar refractivity (Wildman–Crippen MR) is 46.6 cm³/mol. The fraction of sp³-hybridized carbons (Fsp3) is 0.500. The lowest BCUT2D eigenvalue weighted by Crippen LogP contribution is -2.11. The van der Waals surface area contributed by atoms with Crippen LogP contribution in [0.5, 0.6) is 0 Å². The third kappa shape index (κ3) is 1.30. The summed E-state index contributed by atoms with van der Waals surface area (Å²) in [5.74, 6) is 2.28. The molecule has 1 aliphatic heterocycles. The molecule has 1 unspecified atom stereocenters. The summed E-state index contributed by atoms with van der Waals surface area (Å²) < 4.78 is 5.36. The van der Waals surface area contributed by atoms with Gasteiger partial charge in [-0.3, -0.25) is 5.32 Å². The first kappa shape index (κ1) is 7.25. The zero-order valence-electron chi connectivity index (χ0n) is 6.46. The molecule has 1 aliphatic rings. The highest BCUT2D eigenvalue weighted by Crippen LogP contribution is 2.31. The van der Waals surface area contributed by atoms with Crippen molar-refractivity contribution in [3.8, 4) is 0 Å². The normalized spacial score (nSPS) is 24.3. The van der Waals surface area contributed by atoms with Crippen LogP contribution in [0, 0.1) is 6.92 Å². The van der Waals surface area contributed by atoms with Gasteiger partial charge in [-0.1, -0.05) is 0 Å². The molecular formula is C8H11NOS. The van der Waals surface area contributed by atoms with E-state index in [0.29, 0.717) is 5.37 Å². The lowest BCUT2D eigenvalue weighted by molar-refractivity contribution is 0.486. The van der Waals surface area contributed by atoms with Gasteiger partial charge in [0.05, 0.1) is 6.26 Å². The Kier molecular flexibility index (Phi) is 1.92. The van der Waals surface area contributed by atoms with Crippen LogP contribution in [0.1, 0.15) is 16.7 Å². The van der Waals surface area contributed by atoms with Crippen molar-refractivity contribution in [3.63, 3.8) is 0 Å². The maximum absolute atomic E-state index is 5.36. The predicted octanol–water partition coefficient (Wildman–Crippen LogP) is 1.92. The van der Waals surface area contributed by atoms with Crippen LogP contribution in [-0.4, -0.2) is 12.3 Å². The summed E-state index contributed by atoms with van der Waals surface area (Å²) in [6, 6.07) is 2.01. The second-order valence-corrected chi connectivity index (χ2v) is 3.89. The van der Waals surface area contributed by atoms with E-state index in [1.54, 1.807) is 6.26 Å². The van der Waals surface area contributed by atoms with E-state index in [4.69, 9.17) is 4.42 Å². The van der Waals surface area contributed by atoms with E-state index in [-0.39, 0.29) is 0 Å². The molecule has 1 saturated heterocycles. The molecule has 1 aromatic heterocycles. The minimum atomic E-state index is 0.394. The van der Waals surface area contributed by atoms with E-state index in [1.807, 2.05) is 17.8 Å². The van der Waals surface area contributed by atoms with E-state index in [0.717, 1.165) is 12.3 Å². The number of thioether (sulfide) groups is 1. The molecule has 0 amide bonds. The van der Waals surface area contributed by atoms with E-state index in [1.165, 1.54) is 11.3 Å². The molecule has 0 aromatic carbocycles. The maximum Gasteiger partial charge on any atom is 0.133 e. The maximum atomic E-state index is 5.36. The Balaban J connectivity index is 2.21. The molecule has 1 aromatic rings. The van der Waals surface area contributed by atoms with Crippen LogP contribution in [0.15, 0.2) is 16.7 Å². The third-order valence-corrected chi connectivity index (χ3v) is 3.01. The molecule has 1 fully saturated rings. The third-order valence-electron chi connectivity index (χ3n) is 1.86. The van der Waals surface area contributed by atoms with Gasteiger partial charge in [0, 0.05) is 12.3 Å². The van der Waals surface area contributed by atoms with Crippen molar-refractivity contribution < 1.29 is 4.42 Å². The average Bonchev–Trinajstić information content (AvgIpc) is 2.55. The van der Waals surface area contributed by atoms with Crippen LogP contribution in [0.3, 0.4) is 0 Å². The zero-order chi connectivity index (χ0) is 7.68. The van der Waals surface area contributed by atoms with Gasteiger partial charge in [0.2, 0.25) is 0 Å². The quantitative estimate of drug-likeness (QED) is 0.695. The van der Waals surface area contributed by atoms with Crippen molar-refractivity contribution in [2.24, 2.45) is 0 Å². The highest BCUT2D eigenvalue weighted by molar-refractivity contribution is 7.99. The topological polar surface area (TPSA) is 25.2 Å². The second kappa shape index (κ2) is 2.91. The molecule has 60 valence electrons. The number of nitrogens with one attached hydrogen (secondary N) is 1.